The van der Waals surface area contributed by atoms with Crippen LogP contribution in [0.3, 0.4) is 0 Å². The summed E-state index contributed by atoms with van der Waals surface area (Å²) in [5.74, 6) is 0.895. The van der Waals surface area contributed by atoms with Crippen molar-refractivity contribution in [1.82, 2.24) is 0 Å². The number of benzene rings is 1. The van der Waals surface area contributed by atoms with Gasteiger partial charge in [-0.15, -0.1) is 0 Å². The summed E-state index contributed by atoms with van der Waals surface area (Å²) in [4.78, 5) is 0. The number of hydrogen-bond acceptors (Lipinski definition) is 3. The van der Waals surface area contributed by atoms with Gasteiger partial charge < -0.3 is 15.6 Å². The Kier molecular flexibility index (Phi) is 1.43. The van der Waals surface area contributed by atoms with E-state index in [1.54, 1.807) is 18.2 Å². The Balaban J connectivity index is 2.51. The Morgan fingerprint density at radius 3 is 3.08 bits per heavy atom. The monoisotopic (exact) mass is 163 g/mol. The van der Waals surface area contributed by atoms with Crippen LogP contribution in [0.2, 0.25) is 0 Å². The molecule has 0 fully saturated rings. The molecule has 0 atom stereocenters. The van der Waals surface area contributed by atoms with Gasteiger partial charge in [0.05, 0.1) is 0 Å². The third-order valence-electron chi connectivity index (χ3n) is 1.73. The molecule has 2 rings (SSSR count). The van der Waals surface area contributed by atoms with Gasteiger partial charge >= 0.3 is 0 Å². The lowest BCUT2D eigenvalue weighted by molar-refractivity contribution is 0.343. The predicted molar refractivity (Wildman–Crippen MR) is 45.8 cm³/mol. The van der Waals surface area contributed by atoms with Crippen molar-refractivity contribution < 1.29 is 9.84 Å². The molecule has 1 aromatic carbocycles. The zero-order valence-corrected chi connectivity index (χ0v) is 6.45. The van der Waals surface area contributed by atoms with Gasteiger partial charge in [-0.25, -0.2) is 0 Å². The molecule has 0 aromatic heterocycles. The topological polar surface area (TPSA) is 55.5 Å². The zero-order chi connectivity index (χ0) is 8.55. The van der Waals surface area contributed by atoms with Crippen molar-refractivity contribution in [2.45, 2.75) is 0 Å². The second kappa shape index (κ2) is 2.44. The van der Waals surface area contributed by atoms with E-state index in [1.807, 2.05) is 6.08 Å². The van der Waals surface area contributed by atoms with E-state index < -0.39 is 0 Å². The molecule has 3 nitrogen and oxygen atoms in total. The Morgan fingerprint density at radius 2 is 2.25 bits per heavy atom. The first kappa shape index (κ1) is 7.03. The molecule has 0 saturated carbocycles. The summed E-state index contributed by atoms with van der Waals surface area (Å²) < 4.78 is 5.26. The highest BCUT2D eigenvalue weighted by Gasteiger charge is 2.08. The van der Waals surface area contributed by atoms with Crippen molar-refractivity contribution in [2.24, 2.45) is 5.73 Å². The van der Waals surface area contributed by atoms with Gasteiger partial charge in [-0.05, 0) is 18.2 Å². The van der Waals surface area contributed by atoms with Gasteiger partial charge in [0.25, 0.3) is 0 Å². The third kappa shape index (κ3) is 1.09. The molecule has 0 aliphatic carbocycles. The number of ether oxygens (including phenoxy) is 1. The maximum absolute atomic E-state index is 9.12. The minimum absolute atomic E-state index is 0.211. The SMILES string of the molecule is NC1=Cc2ccc(O)cc2OC1. The summed E-state index contributed by atoms with van der Waals surface area (Å²) in [6.07, 6.45) is 1.85. The Labute approximate surface area is 70.1 Å². The van der Waals surface area contributed by atoms with Crippen molar-refractivity contribution in [2.75, 3.05) is 6.61 Å². The second-order valence-electron chi connectivity index (χ2n) is 2.73. The molecule has 0 saturated heterocycles. The van der Waals surface area contributed by atoms with Crippen LogP contribution in [-0.2, 0) is 0 Å². The van der Waals surface area contributed by atoms with Gasteiger partial charge in [0, 0.05) is 17.3 Å². The smallest absolute Gasteiger partial charge is 0.130 e. The standard InChI is InChI=1S/C9H9NO2/c10-7-3-6-1-2-8(11)4-9(6)12-5-7/h1-4,11H,5,10H2. The van der Waals surface area contributed by atoms with E-state index in [1.165, 1.54) is 0 Å². The molecule has 62 valence electrons. The number of hydrogen-bond donors (Lipinski definition) is 2. The number of aromatic hydroxyl groups is 1. The molecule has 0 amide bonds. The molecule has 1 aliphatic rings. The van der Waals surface area contributed by atoms with Crippen molar-refractivity contribution in [3.63, 3.8) is 0 Å². The Hall–Kier alpha value is -1.64. The van der Waals surface area contributed by atoms with Gasteiger partial charge in [0.2, 0.25) is 0 Å². The average molecular weight is 163 g/mol. The molecule has 12 heavy (non-hydrogen) atoms. The fourth-order valence-electron chi connectivity index (χ4n) is 1.17. The highest BCUT2D eigenvalue weighted by Crippen LogP contribution is 2.28. The number of rotatable bonds is 0. The normalized spacial score (nSPS) is 14.5. The lowest BCUT2D eigenvalue weighted by atomic mass is 10.1. The number of phenolic OH excluding ortho intramolecular Hbond substituents is 1. The van der Waals surface area contributed by atoms with Crippen LogP contribution in [-0.4, -0.2) is 11.7 Å². The number of nitrogens with two attached hydrogens (primary N) is 1. The van der Waals surface area contributed by atoms with Crippen molar-refractivity contribution in [3.8, 4) is 11.5 Å². The largest absolute Gasteiger partial charge is 0.508 e. The van der Waals surface area contributed by atoms with Crippen LogP contribution >= 0.6 is 0 Å². The van der Waals surface area contributed by atoms with Crippen LogP contribution in [0.25, 0.3) is 6.08 Å². The Morgan fingerprint density at radius 1 is 1.42 bits per heavy atom. The second-order valence-corrected chi connectivity index (χ2v) is 2.73. The van der Waals surface area contributed by atoms with Gasteiger partial charge in [0.15, 0.2) is 0 Å². The molecule has 1 aromatic rings. The van der Waals surface area contributed by atoms with Crippen LogP contribution in [0.5, 0.6) is 11.5 Å². The lowest BCUT2D eigenvalue weighted by Crippen LogP contribution is -2.12. The van der Waals surface area contributed by atoms with Gasteiger partial charge in [-0.3, -0.25) is 0 Å². The van der Waals surface area contributed by atoms with Crippen LogP contribution < -0.4 is 10.5 Å². The van der Waals surface area contributed by atoms with Crippen molar-refractivity contribution in [1.29, 1.82) is 0 Å². The molecule has 1 aliphatic heterocycles. The first-order chi connectivity index (χ1) is 5.75. The summed E-state index contributed by atoms with van der Waals surface area (Å²) in [6.45, 7) is 0.399. The minimum atomic E-state index is 0.211. The van der Waals surface area contributed by atoms with E-state index in [9.17, 15) is 0 Å². The zero-order valence-electron chi connectivity index (χ0n) is 6.45. The maximum atomic E-state index is 9.12. The molecule has 3 N–H and O–H groups in total. The highest BCUT2D eigenvalue weighted by atomic mass is 16.5. The average Bonchev–Trinajstić information content (AvgIpc) is 2.05. The molecule has 0 spiro atoms. The van der Waals surface area contributed by atoms with E-state index in [0.29, 0.717) is 18.1 Å². The molecule has 1 heterocycles. The first-order valence-electron chi connectivity index (χ1n) is 3.67. The molecule has 0 bridgehead atoms. The van der Waals surface area contributed by atoms with Crippen molar-refractivity contribution >= 4 is 6.08 Å². The fourth-order valence-corrected chi connectivity index (χ4v) is 1.17. The van der Waals surface area contributed by atoms with Gasteiger partial charge in [0.1, 0.15) is 18.1 Å². The predicted octanol–water partition coefficient (Wildman–Crippen LogP) is 1.08. The summed E-state index contributed by atoms with van der Waals surface area (Å²) in [6, 6.07) is 4.96. The molecule has 0 radical (unpaired) electrons. The third-order valence-corrected chi connectivity index (χ3v) is 1.73. The first-order valence-corrected chi connectivity index (χ1v) is 3.67. The highest BCUT2D eigenvalue weighted by molar-refractivity contribution is 5.62. The number of fused-ring (bicyclic) bond motifs is 1. The lowest BCUT2D eigenvalue weighted by Gasteiger charge is -2.15. The maximum Gasteiger partial charge on any atom is 0.130 e. The van der Waals surface area contributed by atoms with E-state index in [-0.39, 0.29) is 5.75 Å². The minimum Gasteiger partial charge on any atom is -0.508 e. The van der Waals surface area contributed by atoms with E-state index in [2.05, 4.69) is 0 Å². The molecular weight excluding hydrogens is 154 g/mol. The quantitative estimate of drug-likeness (QED) is 0.601. The summed E-state index contributed by atoms with van der Waals surface area (Å²) in [5.41, 5.74) is 7.18. The fraction of sp³-hybridized carbons (Fsp3) is 0.111. The molecule has 0 unspecified atom stereocenters. The molecule has 3 heteroatoms. The van der Waals surface area contributed by atoms with E-state index in [4.69, 9.17) is 15.6 Å². The van der Waals surface area contributed by atoms with Crippen LogP contribution in [0, 0.1) is 0 Å². The van der Waals surface area contributed by atoms with Gasteiger partial charge in [-0.2, -0.15) is 0 Å². The number of phenols is 1. The van der Waals surface area contributed by atoms with Crippen LogP contribution in [0.15, 0.2) is 23.9 Å². The van der Waals surface area contributed by atoms with E-state index >= 15 is 0 Å². The van der Waals surface area contributed by atoms with Crippen LogP contribution in [0.1, 0.15) is 5.56 Å². The van der Waals surface area contributed by atoms with E-state index in [0.717, 1.165) is 5.56 Å². The van der Waals surface area contributed by atoms with Crippen molar-refractivity contribution in [3.05, 3.63) is 29.5 Å². The summed E-state index contributed by atoms with van der Waals surface area (Å²) >= 11 is 0. The summed E-state index contributed by atoms with van der Waals surface area (Å²) in [5, 5.41) is 9.12. The van der Waals surface area contributed by atoms with Gasteiger partial charge in [-0.1, -0.05) is 0 Å². The molecular formula is C9H9NO2. The Bertz CT molecular complexity index is 344. The van der Waals surface area contributed by atoms with Crippen LogP contribution in [0.4, 0.5) is 0 Å². The summed E-state index contributed by atoms with van der Waals surface area (Å²) in [7, 11) is 0.